The lowest BCUT2D eigenvalue weighted by atomic mass is 10.3. The standard InChI is InChI=1S/C17H19F3N6S.HI/c1-21-16(22-8-7-15-25-13(10-27-15)17(18,19)20)23-9-14-24-11-5-3-4-6-12(11)26(14)2;/h3-6,10H,7-9H2,1-2H3,(H2,21,22,23);1H. The summed E-state index contributed by atoms with van der Waals surface area (Å²) in [6.45, 7) is 0.896. The Morgan fingerprint density at radius 2 is 1.96 bits per heavy atom. The first kappa shape index (κ1) is 22.4. The van der Waals surface area contributed by atoms with E-state index in [9.17, 15) is 13.2 Å². The van der Waals surface area contributed by atoms with Gasteiger partial charge in [0, 0.05) is 32.4 Å². The molecule has 0 radical (unpaired) electrons. The van der Waals surface area contributed by atoms with Crippen molar-refractivity contribution in [2.45, 2.75) is 19.1 Å². The number of hydrogen-bond acceptors (Lipinski definition) is 4. The fraction of sp³-hybridized carbons (Fsp3) is 0.353. The van der Waals surface area contributed by atoms with Crippen LogP contribution in [0.2, 0.25) is 0 Å². The van der Waals surface area contributed by atoms with Crippen LogP contribution in [0, 0.1) is 0 Å². The van der Waals surface area contributed by atoms with Crippen LogP contribution in [0.3, 0.4) is 0 Å². The highest BCUT2D eigenvalue weighted by molar-refractivity contribution is 14.0. The number of alkyl halides is 3. The number of nitrogens with zero attached hydrogens (tertiary/aromatic N) is 4. The minimum atomic E-state index is -4.40. The Kier molecular flexibility index (Phi) is 7.63. The quantitative estimate of drug-likeness (QED) is 0.305. The summed E-state index contributed by atoms with van der Waals surface area (Å²) in [5.74, 6) is 1.41. The second-order valence-electron chi connectivity index (χ2n) is 5.80. The number of aliphatic imine (C=N–C) groups is 1. The van der Waals surface area contributed by atoms with Crippen LogP contribution in [0.4, 0.5) is 13.2 Å². The summed E-state index contributed by atoms with van der Waals surface area (Å²) in [4.78, 5) is 12.3. The molecule has 2 aromatic heterocycles. The van der Waals surface area contributed by atoms with Crippen molar-refractivity contribution in [2.24, 2.45) is 12.0 Å². The summed E-state index contributed by atoms with van der Waals surface area (Å²) in [5, 5.41) is 7.71. The SMILES string of the molecule is CN=C(NCCc1nc(C(F)(F)F)cs1)NCc1nc2ccccc2n1C.I. The molecule has 2 N–H and O–H groups in total. The summed E-state index contributed by atoms with van der Waals surface area (Å²) in [6, 6.07) is 7.86. The van der Waals surface area contributed by atoms with Gasteiger partial charge in [-0.1, -0.05) is 12.1 Å². The lowest BCUT2D eigenvalue weighted by molar-refractivity contribution is -0.140. The maximum atomic E-state index is 12.6. The van der Waals surface area contributed by atoms with Crippen molar-refractivity contribution in [3.05, 3.63) is 46.2 Å². The van der Waals surface area contributed by atoms with Gasteiger partial charge in [-0.05, 0) is 12.1 Å². The van der Waals surface area contributed by atoms with Crippen LogP contribution in [0.5, 0.6) is 0 Å². The molecule has 0 bridgehead atoms. The van der Waals surface area contributed by atoms with E-state index in [4.69, 9.17) is 0 Å². The predicted molar refractivity (Wildman–Crippen MR) is 115 cm³/mol. The Morgan fingerprint density at radius 3 is 2.61 bits per heavy atom. The second-order valence-corrected chi connectivity index (χ2v) is 6.75. The van der Waals surface area contributed by atoms with Gasteiger partial charge in [0.05, 0.1) is 22.6 Å². The van der Waals surface area contributed by atoms with Gasteiger partial charge in [-0.25, -0.2) is 9.97 Å². The number of aromatic nitrogens is 3. The summed E-state index contributed by atoms with van der Waals surface area (Å²) in [5.41, 5.74) is 1.12. The van der Waals surface area contributed by atoms with Gasteiger partial charge in [0.25, 0.3) is 0 Å². The van der Waals surface area contributed by atoms with Gasteiger partial charge in [0.2, 0.25) is 0 Å². The van der Waals surface area contributed by atoms with E-state index in [1.165, 1.54) is 0 Å². The van der Waals surface area contributed by atoms with Gasteiger partial charge in [-0.15, -0.1) is 35.3 Å². The minimum Gasteiger partial charge on any atom is -0.356 e. The average molecular weight is 524 g/mol. The van der Waals surface area contributed by atoms with Gasteiger partial charge in [-0.3, -0.25) is 4.99 Å². The van der Waals surface area contributed by atoms with Crippen molar-refractivity contribution < 1.29 is 13.2 Å². The van der Waals surface area contributed by atoms with E-state index in [-0.39, 0.29) is 24.0 Å². The monoisotopic (exact) mass is 524 g/mol. The van der Waals surface area contributed by atoms with Gasteiger partial charge in [0.1, 0.15) is 5.82 Å². The van der Waals surface area contributed by atoms with Crippen LogP contribution in [0.15, 0.2) is 34.6 Å². The minimum absolute atomic E-state index is 0. The average Bonchev–Trinajstić information content (AvgIpc) is 3.23. The second kappa shape index (κ2) is 9.54. The summed E-state index contributed by atoms with van der Waals surface area (Å²) >= 11 is 1.01. The van der Waals surface area contributed by atoms with Crippen LogP contribution >= 0.6 is 35.3 Å². The molecule has 0 aliphatic rings. The molecule has 3 rings (SSSR count). The molecule has 11 heteroatoms. The number of nitrogens with one attached hydrogen (secondary N) is 2. The number of halogens is 4. The van der Waals surface area contributed by atoms with Gasteiger partial charge in [0.15, 0.2) is 11.7 Å². The summed E-state index contributed by atoms with van der Waals surface area (Å²) in [7, 11) is 3.58. The van der Waals surface area contributed by atoms with Crippen molar-refractivity contribution >= 4 is 52.3 Å². The smallest absolute Gasteiger partial charge is 0.356 e. The number of imidazole rings is 1. The van der Waals surface area contributed by atoms with Crippen molar-refractivity contribution in [1.82, 2.24) is 25.2 Å². The first-order valence-electron chi connectivity index (χ1n) is 8.25. The maximum absolute atomic E-state index is 12.6. The highest BCUT2D eigenvalue weighted by atomic mass is 127. The molecular formula is C17H20F3IN6S. The molecule has 0 aliphatic heterocycles. The molecular weight excluding hydrogens is 504 g/mol. The molecule has 0 atom stereocenters. The fourth-order valence-corrected chi connectivity index (χ4v) is 3.39. The van der Waals surface area contributed by atoms with E-state index in [1.807, 2.05) is 35.9 Å². The maximum Gasteiger partial charge on any atom is 0.434 e. The number of fused-ring (bicyclic) bond motifs is 1. The van der Waals surface area contributed by atoms with Gasteiger partial charge in [-0.2, -0.15) is 13.2 Å². The lowest BCUT2D eigenvalue weighted by Crippen LogP contribution is -2.38. The molecule has 0 spiro atoms. The molecule has 0 fully saturated rings. The molecule has 152 valence electrons. The van der Waals surface area contributed by atoms with E-state index >= 15 is 0 Å². The zero-order chi connectivity index (χ0) is 19.4. The summed E-state index contributed by atoms with van der Waals surface area (Å²) < 4.78 is 39.7. The molecule has 0 saturated carbocycles. The largest absolute Gasteiger partial charge is 0.434 e. The summed E-state index contributed by atoms with van der Waals surface area (Å²) in [6.07, 6.45) is -4.01. The number of rotatable bonds is 5. The van der Waals surface area contributed by atoms with Crippen molar-refractivity contribution in [2.75, 3.05) is 13.6 Å². The van der Waals surface area contributed by atoms with Crippen LogP contribution < -0.4 is 10.6 Å². The number of guanidine groups is 1. The first-order chi connectivity index (χ1) is 12.9. The number of hydrogen-bond donors (Lipinski definition) is 2. The zero-order valence-corrected chi connectivity index (χ0v) is 18.4. The van der Waals surface area contributed by atoms with Gasteiger partial charge < -0.3 is 15.2 Å². The molecule has 0 saturated heterocycles. The molecule has 2 heterocycles. The Balaban J connectivity index is 0.00000280. The Bertz CT molecular complexity index is 950. The third kappa shape index (κ3) is 5.34. The molecule has 3 aromatic rings. The number of aryl methyl sites for hydroxylation is 1. The van der Waals surface area contributed by atoms with E-state index < -0.39 is 11.9 Å². The number of benzene rings is 1. The van der Waals surface area contributed by atoms with Crippen LogP contribution in [0.1, 0.15) is 16.5 Å². The van der Waals surface area contributed by atoms with E-state index in [0.29, 0.717) is 30.5 Å². The van der Waals surface area contributed by atoms with E-state index in [0.717, 1.165) is 33.6 Å². The molecule has 0 aliphatic carbocycles. The third-order valence-corrected chi connectivity index (χ3v) is 4.90. The normalized spacial score (nSPS) is 12.1. The van der Waals surface area contributed by atoms with Crippen molar-refractivity contribution in [3.63, 3.8) is 0 Å². The molecule has 28 heavy (non-hydrogen) atoms. The Hall–Kier alpha value is -1.89. The number of thiazole rings is 1. The Morgan fingerprint density at radius 1 is 1.21 bits per heavy atom. The third-order valence-electron chi connectivity index (χ3n) is 3.99. The molecule has 6 nitrogen and oxygen atoms in total. The van der Waals surface area contributed by atoms with Gasteiger partial charge >= 0.3 is 6.18 Å². The zero-order valence-electron chi connectivity index (χ0n) is 15.2. The first-order valence-corrected chi connectivity index (χ1v) is 9.13. The Labute approximate surface area is 181 Å². The lowest BCUT2D eigenvalue weighted by Gasteiger charge is -2.11. The molecule has 1 aromatic carbocycles. The number of para-hydroxylation sites is 2. The topological polar surface area (TPSA) is 67.1 Å². The highest BCUT2D eigenvalue weighted by Crippen LogP contribution is 2.30. The van der Waals surface area contributed by atoms with Crippen LogP contribution in [0.25, 0.3) is 11.0 Å². The highest BCUT2D eigenvalue weighted by Gasteiger charge is 2.33. The van der Waals surface area contributed by atoms with Crippen molar-refractivity contribution in [3.8, 4) is 0 Å². The van der Waals surface area contributed by atoms with Crippen LogP contribution in [-0.4, -0.2) is 34.1 Å². The molecule has 0 amide bonds. The van der Waals surface area contributed by atoms with Crippen LogP contribution in [-0.2, 0) is 26.2 Å². The fourth-order valence-electron chi connectivity index (χ4n) is 2.58. The predicted octanol–water partition coefficient (Wildman–Crippen LogP) is 3.57. The molecule has 0 unspecified atom stereocenters. The van der Waals surface area contributed by atoms with E-state index in [1.54, 1.807) is 7.05 Å². The van der Waals surface area contributed by atoms with E-state index in [2.05, 4.69) is 25.6 Å². The van der Waals surface area contributed by atoms with Crippen molar-refractivity contribution in [1.29, 1.82) is 0 Å².